The molecule has 0 aliphatic carbocycles. The molecule has 1 aliphatic rings. The van der Waals surface area contributed by atoms with Gasteiger partial charge < -0.3 is 40.3 Å². The molecule has 340 valence electrons. The fraction of sp³-hybridized carbons (Fsp3) is 0.692. The Morgan fingerprint density at radius 2 is 1.12 bits per heavy atom. The van der Waals surface area contributed by atoms with Gasteiger partial charge in [0, 0.05) is 77.7 Å². The molecule has 2 amide bonds. The van der Waals surface area contributed by atoms with Crippen molar-refractivity contribution in [1.29, 1.82) is 0 Å². The van der Waals surface area contributed by atoms with Gasteiger partial charge in [-0.05, 0) is 53.5 Å². The quantitative estimate of drug-likeness (QED) is 0.0371. The molecule has 21 heteroatoms. The molecular formula is C39H60F4N6O11. The number of aliphatic carboxylic acids is 3. The third-order valence-electron chi connectivity index (χ3n) is 9.61. The van der Waals surface area contributed by atoms with Crippen LogP contribution in [0.4, 0.5) is 17.6 Å². The average molecular weight is 865 g/mol. The van der Waals surface area contributed by atoms with Gasteiger partial charge in [-0.1, -0.05) is 6.92 Å². The van der Waals surface area contributed by atoms with Gasteiger partial charge in [0.2, 0.25) is 29.2 Å². The minimum atomic E-state index is -1.84. The van der Waals surface area contributed by atoms with E-state index in [-0.39, 0.29) is 90.5 Å². The molecule has 0 radical (unpaired) electrons. The zero-order chi connectivity index (χ0) is 45.2. The highest BCUT2D eigenvalue weighted by atomic mass is 19.2. The van der Waals surface area contributed by atoms with Gasteiger partial charge in [0.1, 0.15) is 6.04 Å². The molecule has 0 saturated carbocycles. The number of carboxylic acid groups (broad SMARTS) is 3. The van der Waals surface area contributed by atoms with Crippen LogP contribution in [-0.4, -0.2) is 173 Å². The van der Waals surface area contributed by atoms with Crippen LogP contribution < -0.4 is 15.4 Å². The lowest BCUT2D eigenvalue weighted by molar-refractivity contribution is -0.144. The molecule has 0 bridgehead atoms. The van der Waals surface area contributed by atoms with E-state index in [1.54, 1.807) is 42.4 Å². The maximum absolute atomic E-state index is 13.8. The van der Waals surface area contributed by atoms with Gasteiger partial charge in [-0.3, -0.25) is 43.5 Å². The summed E-state index contributed by atoms with van der Waals surface area (Å²) in [4.78, 5) is 80.5. The van der Waals surface area contributed by atoms with Crippen molar-refractivity contribution in [1.82, 2.24) is 30.2 Å². The van der Waals surface area contributed by atoms with E-state index in [1.807, 2.05) is 6.92 Å². The standard InChI is InChI=1S/C39H60F4N6O11/c1-6-46-13-14-47(22-31(52)53)15-16-48(23-32(54)55)18-20-49(19-17-46)28(37(57)58)11-12-30(51)45-39(4,5)25-59-24-38(2,3)44-29(50)9-7-8-10-33(56)60-36-34(42)26(40)21-27(41)35(36)43/h21,28H,6-20,22-25H2,1-5H3,(H,44,50)(H,45,51)(H,52,53)(H,54,55)(H,57,58). The van der Waals surface area contributed by atoms with Crippen molar-refractivity contribution in [3.8, 4) is 5.75 Å². The van der Waals surface area contributed by atoms with Crippen molar-refractivity contribution in [2.45, 2.75) is 90.3 Å². The number of rotatable bonds is 22. The summed E-state index contributed by atoms with van der Waals surface area (Å²) in [6.45, 7) is 11.7. The van der Waals surface area contributed by atoms with Crippen LogP contribution in [-0.2, 0) is 33.5 Å². The largest absolute Gasteiger partial charge is 0.480 e. The summed E-state index contributed by atoms with van der Waals surface area (Å²) in [6.07, 6.45) is -0.323. The van der Waals surface area contributed by atoms with Crippen LogP contribution in [0.15, 0.2) is 6.07 Å². The van der Waals surface area contributed by atoms with Gasteiger partial charge in [-0.15, -0.1) is 0 Å². The molecule has 1 aromatic rings. The van der Waals surface area contributed by atoms with E-state index in [1.165, 1.54) is 0 Å². The second-order valence-corrected chi connectivity index (χ2v) is 16.0. The topological polar surface area (TPSA) is 219 Å². The lowest BCUT2D eigenvalue weighted by Gasteiger charge is -2.35. The van der Waals surface area contributed by atoms with E-state index in [9.17, 15) is 61.6 Å². The Morgan fingerprint density at radius 3 is 1.58 bits per heavy atom. The number of hydrogen-bond donors (Lipinski definition) is 5. The highest BCUT2D eigenvalue weighted by molar-refractivity contribution is 5.79. The molecule has 60 heavy (non-hydrogen) atoms. The van der Waals surface area contributed by atoms with Crippen LogP contribution in [0.1, 0.15) is 73.1 Å². The number of ether oxygens (including phenoxy) is 2. The number of carbonyl (C=O) groups excluding carboxylic acids is 3. The number of esters is 1. The SMILES string of the molecule is CCN1CCN(CC(=O)O)CCN(CC(=O)O)CCN(C(CCC(=O)NC(C)(C)COCC(C)(C)NC(=O)CCCCC(=O)Oc2c(F)c(F)cc(F)c2F)C(=O)O)CC1. The predicted molar refractivity (Wildman–Crippen MR) is 208 cm³/mol. The second kappa shape index (κ2) is 24.7. The van der Waals surface area contributed by atoms with Gasteiger partial charge >= 0.3 is 23.9 Å². The first-order valence-electron chi connectivity index (χ1n) is 19.8. The minimum Gasteiger partial charge on any atom is -0.480 e. The summed E-state index contributed by atoms with van der Waals surface area (Å²) in [5, 5.41) is 34.8. The first-order valence-corrected chi connectivity index (χ1v) is 19.8. The van der Waals surface area contributed by atoms with Crippen LogP contribution in [0.3, 0.4) is 0 Å². The van der Waals surface area contributed by atoms with E-state index < -0.39 is 81.8 Å². The van der Waals surface area contributed by atoms with Gasteiger partial charge in [0.25, 0.3) is 0 Å². The van der Waals surface area contributed by atoms with E-state index >= 15 is 0 Å². The Kier molecular flexibility index (Phi) is 21.3. The molecule has 1 saturated heterocycles. The molecule has 0 aromatic heterocycles. The second-order valence-electron chi connectivity index (χ2n) is 16.0. The smallest absolute Gasteiger partial charge is 0.320 e. The van der Waals surface area contributed by atoms with Crippen molar-refractivity contribution < 1.29 is 71.1 Å². The summed E-state index contributed by atoms with van der Waals surface area (Å²) in [5.74, 6) is -13.7. The molecule has 1 heterocycles. The zero-order valence-corrected chi connectivity index (χ0v) is 35.0. The van der Waals surface area contributed by atoms with Gasteiger partial charge in [0.05, 0.1) is 37.4 Å². The highest BCUT2D eigenvalue weighted by Crippen LogP contribution is 2.27. The van der Waals surface area contributed by atoms with Crippen molar-refractivity contribution >= 4 is 35.7 Å². The van der Waals surface area contributed by atoms with Gasteiger partial charge in [-0.2, -0.15) is 8.78 Å². The Labute approximate surface area is 347 Å². The number of amides is 2. The first-order chi connectivity index (χ1) is 28.0. The van der Waals surface area contributed by atoms with Gasteiger partial charge in [-0.25, -0.2) is 8.78 Å². The highest BCUT2D eigenvalue weighted by Gasteiger charge is 2.30. The van der Waals surface area contributed by atoms with Crippen LogP contribution in [0.2, 0.25) is 0 Å². The van der Waals surface area contributed by atoms with E-state index in [2.05, 4.69) is 20.3 Å². The Balaban J connectivity index is 1.87. The number of likely N-dealkylation sites (N-methyl/N-ethyl adjacent to an activating group) is 1. The number of nitrogens with zero attached hydrogens (tertiary/aromatic N) is 4. The Bertz CT molecular complexity index is 1610. The fourth-order valence-electron chi connectivity index (χ4n) is 6.48. The maximum atomic E-state index is 13.8. The van der Waals surface area contributed by atoms with Gasteiger partial charge in [0.15, 0.2) is 11.6 Å². The van der Waals surface area contributed by atoms with E-state index in [0.717, 1.165) is 0 Å². The number of hydrogen-bond acceptors (Lipinski definition) is 12. The van der Waals surface area contributed by atoms with Crippen LogP contribution >= 0.6 is 0 Å². The molecule has 1 aliphatic heterocycles. The molecule has 1 aromatic carbocycles. The predicted octanol–water partition coefficient (Wildman–Crippen LogP) is 2.16. The van der Waals surface area contributed by atoms with E-state index in [0.29, 0.717) is 39.3 Å². The Hall–Kier alpha value is -4.44. The van der Waals surface area contributed by atoms with Crippen LogP contribution in [0.25, 0.3) is 0 Å². The zero-order valence-electron chi connectivity index (χ0n) is 35.0. The molecule has 2 rings (SSSR count). The van der Waals surface area contributed by atoms with Crippen molar-refractivity contribution in [3.05, 3.63) is 29.3 Å². The first kappa shape index (κ1) is 51.7. The van der Waals surface area contributed by atoms with E-state index in [4.69, 9.17) is 4.74 Å². The molecule has 1 fully saturated rings. The Morgan fingerprint density at radius 1 is 0.683 bits per heavy atom. The normalized spacial score (nSPS) is 16.3. The van der Waals surface area contributed by atoms with Crippen molar-refractivity contribution in [2.24, 2.45) is 0 Å². The van der Waals surface area contributed by atoms with Crippen molar-refractivity contribution in [2.75, 3.05) is 85.2 Å². The third-order valence-corrected chi connectivity index (χ3v) is 9.61. The number of unbranched alkanes of at least 4 members (excludes halogenated alkanes) is 1. The molecule has 5 N–H and O–H groups in total. The number of carboxylic acids is 3. The van der Waals surface area contributed by atoms with Crippen LogP contribution in [0.5, 0.6) is 5.75 Å². The van der Waals surface area contributed by atoms with Crippen molar-refractivity contribution in [3.63, 3.8) is 0 Å². The monoisotopic (exact) mass is 864 g/mol. The molecule has 1 atom stereocenters. The summed E-state index contributed by atoms with van der Waals surface area (Å²) >= 11 is 0. The number of halogens is 4. The third kappa shape index (κ3) is 19.3. The summed E-state index contributed by atoms with van der Waals surface area (Å²) in [7, 11) is 0. The number of carbonyl (C=O) groups is 6. The number of benzene rings is 1. The number of nitrogens with one attached hydrogen (secondary N) is 2. The molecule has 0 spiro atoms. The summed E-state index contributed by atoms with van der Waals surface area (Å²) in [5.41, 5.74) is -1.76. The lowest BCUT2D eigenvalue weighted by atomic mass is 10.0. The summed E-state index contributed by atoms with van der Waals surface area (Å²) in [6, 6.07) is -1.06. The molecule has 1 unspecified atom stereocenters. The lowest BCUT2D eigenvalue weighted by Crippen LogP contribution is -2.52. The average Bonchev–Trinajstić information content (AvgIpc) is 3.12. The maximum Gasteiger partial charge on any atom is 0.320 e. The van der Waals surface area contributed by atoms with Crippen LogP contribution in [0, 0.1) is 23.3 Å². The molecule has 17 nitrogen and oxygen atoms in total. The molecular weight excluding hydrogens is 804 g/mol. The summed E-state index contributed by atoms with van der Waals surface area (Å²) < 4.78 is 64.5. The fourth-order valence-corrected chi connectivity index (χ4v) is 6.48. The minimum absolute atomic E-state index is 0.0111.